The lowest BCUT2D eigenvalue weighted by Gasteiger charge is -2.39. The predicted octanol–water partition coefficient (Wildman–Crippen LogP) is 2.43. The van der Waals surface area contributed by atoms with Crippen molar-refractivity contribution in [3.05, 3.63) is 53.9 Å². The first kappa shape index (κ1) is 15.3. The van der Waals surface area contributed by atoms with Gasteiger partial charge in [-0.25, -0.2) is 9.97 Å². The molecule has 120 valence electrons. The van der Waals surface area contributed by atoms with Crippen molar-refractivity contribution in [2.75, 3.05) is 18.4 Å². The maximum atomic E-state index is 12.7. The van der Waals surface area contributed by atoms with Crippen LogP contribution in [0, 0.1) is 0 Å². The normalized spacial score (nSPS) is 15.2. The summed E-state index contributed by atoms with van der Waals surface area (Å²) in [6.07, 6.45) is -1.26. The monoisotopic (exact) mass is 322 g/mol. The predicted molar refractivity (Wildman–Crippen MR) is 76.8 cm³/mol. The van der Waals surface area contributed by atoms with E-state index < -0.39 is 17.6 Å². The molecule has 1 saturated heterocycles. The molecule has 2 heterocycles. The number of hydrogen-bond acceptors (Lipinski definition) is 4. The summed E-state index contributed by atoms with van der Waals surface area (Å²) < 4.78 is 38.1. The van der Waals surface area contributed by atoms with E-state index in [0.29, 0.717) is 19.0 Å². The Kier molecular flexibility index (Phi) is 3.89. The van der Waals surface area contributed by atoms with Gasteiger partial charge in [0, 0.05) is 31.0 Å². The minimum atomic E-state index is -4.46. The van der Waals surface area contributed by atoms with Gasteiger partial charge in [0.2, 0.25) is 5.95 Å². The standard InChI is InChI=1S/C15H13F3N4O/c16-15(17,18)11-4-1-3-10(7-11)13(23)22-8-12(9-22)21-14-19-5-2-6-20-14/h1-7,12H,8-9H2,(H,19,20,21). The minimum Gasteiger partial charge on any atom is -0.348 e. The number of nitrogens with zero attached hydrogens (tertiary/aromatic N) is 3. The molecule has 5 nitrogen and oxygen atoms in total. The molecule has 1 amide bonds. The van der Waals surface area contributed by atoms with Crippen LogP contribution < -0.4 is 5.32 Å². The number of amides is 1. The maximum absolute atomic E-state index is 12.7. The fourth-order valence-corrected chi connectivity index (χ4v) is 2.30. The lowest BCUT2D eigenvalue weighted by atomic mass is 10.0. The Bertz CT molecular complexity index is 699. The molecule has 0 radical (unpaired) electrons. The Morgan fingerprint density at radius 1 is 1.17 bits per heavy atom. The van der Waals surface area contributed by atoms with Gasteiger partial charge in [0.25, 0.3) is 5.91 Å². The highest BCUT2D eigenvalue weighted by atomic mass is 19.4. The minimum absolute atomic E-state index is 0.00727. The van der Waals surface area contributed by atoms with Crippen LogP contribution in [-0.2, 0) is 6.18 Å². The number of anilines is 1. The third-order valence-electron chi connectivity index (χ3n) is 3.50. The summed E-state index contributed by atoms with van der Waals surface area (Å²) in [6, 6.07) is 6.14. The first-order valence-corrected chi connectivity index (χ1v) is 6.93. The van der Waals surface area contributed by atoms with Gasteiger partial charge >= 0.3 is 6.18 Å². The molecule has 1 N–H and O–H groups in total. The number of alkyl halides is 3. The lowest BCUT2D eigenvalue weighted by Crippen LogP contribution is -2.57. The van der Waals surface area contributed by atoms with Crippen molar-refractivity contribution in [3.63, 3.8) is 0 Å². The molecule has 1 aromatic carbocycles. The van der Waals surface area contributed by atoms with Crippen molar-refractivity contribution in [3.8, 4) is 0 Å². The molecule has 0 spiro atoms. The van der Waals surface area contributed by atoms with Gasteiger partial charge in [-0.2, -0.15) is 13.2 Å². The van der Waals surface area contributed by atoms with Crippen LogP contribution in [0.25, 0.3) is 0 Å². The van der Waals surface area contributed by atoms with Gasteiger partial charge in [0.15, 0.2) is 0 Å². The van der Waals surface area contributed by atoms with Crippen molar-refractivity contribution in [1.29, 1.82) is 0 Å². The van der Waals surface area contributed by atoms with E-state index in [4.69, 9.17) is 0 Å². The second kappa shape index (κ2) is 5.86. The summed E-state index contributed by atoms with van der Waals surface area (Å²) in [6.45, 7) is 0.792. The van der Waals surface area contributed by atoms with Gasteiger partial charge in [0.05, 0.1) is 11.6 Å². The van der Waals surface area contributed by atoms with Gasteiger partial charge in [-0.3, -0.25) is 4.79 Å². The number of rotatable bonds is 3. The average Bonchev–Trinajstić information content (AvgIpc) is 2.50. The molecule has 0 saturated carbocycles. The van der Waals surface area contributed by atoms with Crippen LogP contribution in [0.15, 0.2) is 42.7 Å². The van der Waals surface area contributed by atoms with Crippen LogP contribution >= 0.6 is 0 Å². The number of carbonyl (C=O) groups excluding carboxylic acids is 1. The Balaban J connectivity index is 1.61. The van der Waals surface area contributed by atoms with Crippen LogP contribution in [0.5, 0.6) is 0 Å². The molecule has 1 aromatic heterocycles. The molecule has 0 bridgehead atoms. The number of hydrogen-bond donors (Lipinski definition) is 1. The van der Waals surface area contributed by atoms with E-state index in [0.717, 1.165) is 12.1 Å². The number of halogens is 3. The summed E-state index contributed by atoms with van der Waals surface area (Å²) in [5.41, 5.74) is -0.787. The Morgan fingerprint density at radius 2 is 1.87 bits per heavy atom. The molecule has 1 aliphatic rings. The van der Waals surface area contributed by atoms with Gasteiger partial charge in [-0.05, 0) is 24.3 Å². The van der Waals surface area contributed by atoms with Crippen molar-refractivity contribution in [2.45, 2.75) is 12.2 Å². The summed E-state index contributed by atoms with van der Waals surface area (Å²) in [5, 5.41) is 3.05. The lowest BCUT2D eigenvalue weighted by molar-refractivity contribution is -0.137. The van der Waals surface area contributed by atoms with Gasteiger partial charge in [-0.15, -0.1) is 0 Å². The highest BCUT2D eigenvalue weighted by molar-refractivity contribution is 5.95. The highest BCUT2D eigenvalue weighted by Gasteiger charge is 2.34. The van der Waals surface area contributed by atoms with Crippen molar-refractivity contribution < 1.29 is 18.0 Å². The SMILES string of the molecule is O=C(c1cccc(C(F)(F)F)c1)N1CC(Nc2ncccn2)C1. The zero-order valence-electron chi connectivity index (χ0n) is 11.9. The number of carbonyl (C=O) groups is 1. The molecule has 0 aliphatic carbocycles. The van der Waals surface area contributed by atoms with Crippen LogP contribution in [0.2, 0.25) is 0 Å². The second-order valence-corrected chi connectivity index (χ2v) is 5.20. The van der Waals surface area contributed by atoms with Crippen LogP contribution in [0.3, 0.4) is 0 Å². The van der Waals surface area contributed by atoms with E-state index in [9.17, 15) is 18.0 Å². The van der Waals surface area contributed by atoms with E-state index in [2.05, 4.69) is 15.3 Å². The fourth-order valence-electron chi connectivity index (χ4n) is 2.30. The van der Waals surface area contributed by atoms with E-state index in [1.54, 1.807) is 18.5 Å². The summed E-state index contributed by atoms with van der Waals surface area (Å²) in [7, 11) is 0. The van der Waals surface area contributed by atoms with Crippen molar-refractivity contribution >= 4 is 11.9 Å². The van der Waals surface area contributed by atoms with Crippen molar-refractivity contribution in [1.82, 2.24) is 14.9 Å². The summed E-state index contributed by atoms with van der Waals surface area (Å²) in [4.78, 5) is 21.7. The molecule has 2 aromatic rings. The zero-order chi connectivity index (χ0) is 16.4. The van der Waals surface area contributed by atoms with Gasteiger partial charge in [0.1, 0.15) is 0 Å². The molecule has 8 heteroatoms. The van der Waals surface area contributed by atoms with E-state index in [1.165, 1.54) is 17.0 Å². The van der Waals surface area contributed by atoms with Gasteiger partial charge in [-0.1, -0.05) is 6.07 Å². The zero-order valence-corrected chi connectivity index (χ0v) is 11.9. The Morgan fingerprint density at radius 3 is 2.52 bits per heavy atom. The van der Waals surface area contributed by atoms with E-state index in [1.807, 2.05) is 0 Å². The van der Waals surface area contributed by atoms with Gasteiger partial charge < -0.3 is 10.2 Å². The highest BCUT2D eigenvalue weighted by Crippen LogP contribution is 2.30. The third-order valence-corrected chi connectivity index (χ3v) is 3.50. The number of aromatic nitrogens is 2. The Hall–Kier alpha value is -2.64. The van der Waals surface area contributed by atoms with E-state index in [-0.39, 0.29) is 11.6 Å². The maximum Gasteiger partial charge on any atom is 0.416 e. The molecular formula is C15H13F3N4O. The molecule has 0 atom stereocenters. The second-order valence-electron chi connectivity index (χ2n) is 5.20. The number of likely N-dealkylation sites (tertiary alicyclic amines) is 1. The fraction of sp³-hybridized carbons (Fsp3) is 0.267. The first-order chi connectivity index (χ1) is 10.9. The topological polar surface area (TPSA) is 58.1 Å². The smallest absolute Gasteiger partial charge is 0.348 e. The van der Waals surface area contributed by atoms with Crippen LogP contribution in [0.1, 0.15) is 15.9 Å². The van der Waals surface area contributed by atoms with Crippen molar-refractivity contribution in [2.24, 2.45) is 0 Å². The molecule has 1 aliphatic heterocycles. The van der Waals surface area contributed by atoms with E-state index >= 15 is 0 Å². The average molecular weight is 322 g/mol. The third kappa shape index (κ3) is 3.41. The quantitative estimate of drug-likeness (QED) is 0.943. The number of benzene rings is 1. The molecule has 23 heavy (non-hydrogen) atoms. The summed E-state index contributed by atoms with van der Waals surface area (Å²) in [5.74, 6) is 0.0480. The molecule has 1 fully saturated rings. The Labute approximate surface area is 130 Å². The number of nitrogens with one attached hydrogen (secondary N) is 1. The molecular weight excluding hydrogens is 309 g/mol. The first-order valence-electron chi connectivity index (χ1n) is 6.93. The molecule has 3 rings (SSSR count). The largest absolute Gasteiger partial charge is 0.416 e. The van der Waals surface area contributed by atoms with Crippen LogP contribution in [-0.4, -0.2) is 39.9 Å². The molecule has 0 unspecified atom stereocenters. The van der Waals surface area contributed by atoms with Crippen LogP contribution in [0.4, 0.5) is 19.1 Å². The summed E-state index contributed by atoms with van der Waals surface area (Å²) >= 11 is 0.